The number of fused-ring (bicyclic) bond motifs is 1. The second-order valence-corrected chi connectivity index (χ2v) is 8.15. The minimum atomic E-state index is -0.202. The van der Waals surface area contributed by atoms with Gasteiger partial charge in [0.2, 0.25) is 11.0 Å². The number of hydrogen-bond acceptors (Lipinski definition) is 8. The molecule has 3 aromatic rings. The number of ether oxygens (including phenoxy) is 2. The zero-order valence-electron chi connectivity index (χ0n) is 14.8. The van der Waals surface area contributed by atoms with Crippen LogP contribution in [0.3, 0.4) is 0 Å². The summed E-state index contributed by atoms with van der Waals surface area (Å²) in [5.41, 5.74) is 0.948. The van der Waals surface area contributed by atoms with Crippen LogP contribution < -0.4 is 20.1 Å². The fraction of sp³-hybridized carbons (Fsp3) is 0.211. The van der Waals surface area contributed by atoms with E-state index in [0.29, 0.717) is 24.0 Å². The van der Waals surface area contributed by atoms with Crippen LogP contribution in [0.5, 0.6) is 11.5 Å². The van der Waals surface area contributed by atoms with Gasteiger partial charge in [-0.2, -0.15) is 0 Å². The second kappa shape index (κ2) is 8.94. The van der Waals surface area contributed by atoms with Crippen LogP contribution in [0.4, 0.5) is 10.8 Å². The van der Waals surface area contributed by atoms with Crippen molar-refractivity contribution in [2.75, 3.05) is 24.2 Å². The van der Waals surface area contributed by atoms with Gasteiger partial charge in [-0.15, -0.1) is 10.2 Å². The van der Waals surface area contributed by atoms with Crippen molar-refractivity contribution in [3.8, 4) is 11.5 Å². The normalized spacial score (nSPS) is 15.1. The van der Waals surface area contributed by atoms with Crippen molar-refractivity contribution in [3.63, 3.8) is 0 Å². The highest BCUT2D eigenvalue weighted by atomic mass is 32.2. The van der Waals surface area contributed by atoms with Crippen LogP contribution >= 0.6 is 23.1 Å². The number of para-hydroxylation sites is 3. The molecule has 144 valence electrons. The summed E-state index contributed by atoms with van der Waals surface area (Å²) in [4.78, 5) is 12.1. The van der Waals surface area contributed by atoms with Crippen LogP contribution in [0.1, 0.15) is 0 Å². The van der Waals surface area contributed by atoms with E-state index in [2.05, 4.69) is 20.8 Å². The van der Waals surface area contributed by atoms with Crippen LogP contribution in [-0.2, 0) is 4.79 Å². The fourth-order valence-corrected chi connectivity index (χ4v) is 4.14. The summed E-state index contributed by atoms with van der Waals surface area (Å²) < 4.78 is 12.2. The van der Waals surface area contributed by atoms with Crippen molar-refractivity contribution in [2.45, 2.75) is 10.4 Å². The van der Waals surface area contributed by atoms with Crippen LogP contribution in [0, 0.1) is 0 Å². The van der Waals surface area contributed by atoms with E-state index in [-0.39, 0.29) is 17.8 Å². The molecule has 7 nitrogen and oxygen atoms in total. The molecule has 2 N–H and O–H groups in total. The largest absolute Gasteiger partial charge is 0.486 e. The van der Waals surface area contributed by atoms with Gasteiger partial charge in [0.25, 0.3) is 0 Å². The lowest BCUT2D eigenvalue weighted by atomic mass is 10.2. The molecule has 0 aliphatic carbocycles. The summed E-state index contributed by atoms with van der Waals surface area (Å²) in [5.74, 6) is 1.62. The Morgan fingerprint density at radius 3 is 2.75 bits per heavy atom. The molecule has 9 heteroatoms. The topological polar surface area (TPSA) is 85.4 Å². The van der Waals surface area contributed by atoms with E-state index in [9.17, 15) is 4.79 Å². The Balaban J connectivity index is 1.20. The van der Waals surface area contributed by atoms with E-state index in [4.69, 9.17) is 9.47 Å². The van der Waals surface area contributed by atoms with E-state index in [1.54, 1.807) is 0 Å². The molecule has 1 aliphatic rings. The van der Waals surface area contributed by atoms with Crippen molar-refractivity contribution in [1.82, 2.24) is 15.5 Å². The Morgan fingerprint density at radius 1 is 1.11 bits per heavy atom. The first-order valence-corrected chi connectivity index (χ1v) is 10.5. The van der Waals surface area contributed by atoms with E-state index in [1.807, 2.05) is 54.6 Å². The lowest BCUT2D eigenvalue weighted by Crippen LogP contribution is -2.41. The van der Waals surface area contributed by atoms with Crippen LogP contribution in [0.25, 0.3) is 0 Å². The third kappa shape index (κ3) is 4.93. The highest BCUT2D eigenvalue weighted by Crippen LogP contribution is 2.31. The summed E-state index contributed by atoms with van der Waals surface area (Å²) in [7, 11) is 0. The standard InChI is InChI=1S/C19H18N4O3S2/c24-17(20-10-14-11-25-15-8-4-5-9-16(15)26-14)12-27-19-23-22-18(28-19)21-13-6-2-1-3-7-13/h1-9,14H,10-12H2,(H,20,24)(H,21,22)/t14-/m0/s1. The fourth-order valence-electron chi connectivity index (χ4n) is 2.53. The molecule has 4 rings (SSSR count). The summed E-state index contributed by atoms with van der Waals surface area (Å²) in [6, 6.07) is 17.3. The van der Waals surface area contributed by atoms with Crippen LogP contribution in [0.2, 0.25) is 0 Å². The molecule has 1 aromatic heterocycles. The molecule has 0 spiro atoms. The summed E-state index contributed by atoms with van der Waals surface area (Å²) in [6.45, 7) is 0.806. The molecule has 1 aliphatic heterocycles. The van der Waals surface area contributed by atoms with E-state index < -0.39 is 0 Å². The predicted molar refractivity (Wildman–Crippen MR) is 110 cm³/mol. The minimum absolute atomic E-state index is 0.0831. The molecular formula is C19H18N4O3S2. The SMILES string of the molecule is O=C(CSc1nnc(Nc2ccccc2)s1)NC[C@H]1COc2ccccc2O1. The molecule has 0 radical (unpaired) electrons. The lowest BCUT2D eigenvalue weighted by molar-refractivity contribution is -0.119. The smallest absolute Gasteiger partial charge is 0.230 e. The third-order valence-electron chi connectivity index (χ3n) is 3.85. The summed E-state index contributed by atoms with van der Waals surface area (Å²) >= 11 is 2.77. The van der Waals surface area contributed by atoms with Crippen molar-refractivity contribution in [1.29, 1.82) is 0 Å². The molecule has 1 atom stereocenters. The van der Waals surface area contributed by atoms with Crippen LogP contribution in [0.15, 0.2) is 58.9 Å². The monoisotopic (exact) mass is 414 g/mol. The number of thioether (sulfide) groups is 1. The molecule has 28 heavy (non-hydrogen) atoms. The van der Waals surface area contributed by atoms with Gasteiger partial charge in [0, 0.05) is 5.69 Å². The van der Waals surface area contributed by atoms with Gasteiger partial charge in [-0.05, 0) is 24.3 Å². The first-order chi connectivity index (χ1) is 13.8. The molecule has 2 heterocycles. The van der Waals surface area contributed by atoms with Gasteiger partial charge in [-0.25, -0.2) is 0 Å². The van der Waals surface area contributed by atoms with Crippen LogP contribution in [-0.4, -0.2) is 41.1 Å². The number of carbonyl (C=O) groups is 1. The van der Waals surface area contributed by atoms with Gasteiger partial charge in [0.15, 0.2) is 15.8 Å². The van der Waals surface area contributed by atoms with Crippen molar-refractivity contribution < 1.29 is 14.3 Å². The number of nitrogens with zero attached hydrogens (tertiary/aromatic N) is 2. The maximum Gasteiger partial charge on any atom is 0.230 e. The van der Waals surface area contributed by atoms with Crippen molar-refractivity contribution in [3.05, 3.63) is 54.6 Å². The first kappa shape index (κ1) is 18.6. The average molecular weight is 415 g/mol. The van der Waals surface area contributed by atoms with Gasteiger partial charge in [0.1, 0.15) is 12.7 Å². The molecule has 0 unspecified atom stereocenters. The minimum Gasteiger partial charge on any atom is -0.486 e. The Labute approximate surface area is 170 Å². The quantitative estimate of drug-likeness (QED) is 0.574. The molecular weight excluding hydrogens is 396 g/mol. The van der Waals surface area contributed by atoms with Gasteiger partial charge >= 0.3 is 0 Å². The molecule has 0 saturated carbocycles. The van der Waals surface area contributed by atoms with Gasteiger partial charge in [-0.1, -0.05) is 53.4 Å². The first-order valence-electron chi connectivity index (χ1n) is 8.70. The Hall–Kier alpha value is -2.78. The summed E-state index contributed by atoms with van der Waals surface area (Å²) in [5, 5.41) is 15.0. The van der Waals surface area contributed by atoms with Crippen molar-refractivity contribution >= 4 is 39.8 Å². The zero-order chi connectivity index (χ0) is 19.2. The molecule has 0 saturated heterocycles. The lowest BCUT2D eigenvalue weighted by Gasteiger charge is -2.26. The number of benzene rings is 2. The maximum absolute atomic E-state index is 12.1. The zero-order valence-corrected chi connectivity index (χ0v) is 16.5. The van der Waals surface area contributed by atoms with E-state index in [1.165, 1.54) is 23.1 Å². The average Bonchev–Trinajstić information content (AvgIpc) is 3.18. The van der Waals surface area contributed by atoms with E-state index >= 15 is 0 Å². The Bertz CT molecular complexity index is 936. The number of anilines is 2. The Morgan fingerprint density at radius 2 is 1.89 bits per heavy atom. The maximum atomic E-state index is 12.1. The highest BCUT2D eigenvalue weighted by molar-refractivity contribution is 8.01. The molecule has 1 amide bonds. The highest BCUT2D eigenvalue weighted by Gasteiger charge is 2.21. The molecule has 2 aromatic carbocycles. The number of nitrogens with one attached hydrogen (secondary N) is 2. The van der Waals surface area contributed by atoms with Gasteiger partial charge in [0.05, 0.1) is 12.3 Å². The second-order valence-electron chi connectivity index (χ2n) is 5.95. The number of carbonyl (C=O) groups excluding carboxylic acids is 1. The third-order valence-corrected chi connectivity index (χ3v) is 5.82. The van der Waals surface area contributed by atoms with E-state index in [0.717, 1.165) is 15.8 Å². The van der Waals surface area contributed by atoms with Crippen molar-refractivity contribution in [2.24, 2.45) is 0 Å². The van der Waals surface area contributed by atoms with Gasteiger partial charge < -0.3 is 20.1 Å². The molecule has 0 bridgehead atoms. The Kier molecular flexibility index (Phi) is 5.93. The van der Waals surface area contributed by atoms with Gasteiger partial charge in [-0.3, -0.25) is 4.79 Å². The number of amides is 1. The molecule has 0 fully saturated rings. The predicted octanol–water partition coefficient (Wildman–Crippen LogP) is 3.33. The number of aromatic nitrogens is 2. The number of hydrogen-bond donors (Lipinski definition) is 2. The number of rotatable bonds is 7. The summed E-state index contributed by atoms with van der Waals surface area (Å²) in [6.07, 6.45) is -0.202.